The molecule has 2 aromatic rings. The van der Waals surface area contributed by atoms with Crippen LogP contribution in [0.5, 0.6) is 5.75 Å². The smallest absolute Gasteiger partial charge is 0.255 e. The third-order valence-electron chi connectivity index (χ3n) is 3.77. The zero-order valence-corrected chi connectivity index (χ0v) is 12.8. The van der Waals surface area contributed by atoms with E-state index < -0.39 is 0 Å². The number of nitrogens with two attached hydrogens (primary N) is 1. The average molecular weight is 312 g/mol. The highest BCUT2D eigenvalue weighted by Crippen LogP contribution is 2.27. The predicted molar refractivity (Wildman–Crippen MR) is 88.6 cm³/mol. The molecule has 1 aliphatic rings. The highest BCUT2D eigenvalue weighted by molar-refractivity contribution is 6.05. The topological polar surface area (TPSA) is 73.6 Å². The summed E-state index contributed by atoms with van der Waals surface area (Å²) in [5, 5.41) is 2.90. The van der Waals surface area contributed by atoms with Crippen molar-refractivity contribution in [2.45, 2.75) is 19.1 Å². The van der Waals surface area contributed by atoms with E-state index >= 15 is 0 Å². The van der Waals surface area contributed by atoms with E-state index in [9.17, 15) is 4.79 Å². The summed E-state index contributed by atoms with van der Waals surface area (Å²) in [5.74, 6) is 0.488. The molecule has 2 aromatic carbocycles. The van der Waals surface area contributed by atoms with Gasteiger partial charge in [-0.05, 0) is 29.8 Å². The first-order chi connectivity index (χ1) is 11.3. The van der Waals surface area contributed by atoms with Crippen LogP contribution in [-0.2, 0) is 11.3 Å². The van der Waals surface area contributed by atoms with Gasteiger partial charge in [-0.2, -0.15) is 0 Å². The maximum Gasteiger partial charge on any atom is 0.255 e. The molecule has 1 fully saturated rings. The van der Waals surface area contributed by atoms with E-state index in [2.05, 4.69) is 5.32 Å². The van der Waals surface area contributed by atoms with Gasteiger partial charge in [-0.25, -0.2) is 0 Å². The molecule has 1 heterocycles. The van der Waals surface area contributed by atoms with Gasteiger partial charge in [0.1, 0.15) is 11.9 Å². The van der Waals surface area contributed by atoms with Crippen molar-refractivity contribution < 1.29 is 14.3 Å². The summed E-state index contributed by atoms with van der Waals surface area (Å²) < 4.78 is 11.2. The Hall–Kier alpha value is -2.37. The lowest BCUT2D eigenvalue weighted by atomic mass is 10.1. The van der Waals surface area contributed by atoms with E-state index in [1.807, 2.05) is 36.4 Å². The first-order valence-corrected chi connectivity index (χ1v) is 7.70. The molecule has 0 spiro atoms. The number of hydrogen-bond acceptors (Lipinski definition) is 4. The number of amides is 1. The summed E-state index contributed by atoms with van der Waals surface area (Å²) in [7, 11) is 0. The third kappa shape index (κ3) is 3.88. The number of nitrogens with one attached hydrogen (secondary N) is 1. The SMILES string of the molecule is NCc1ccc(C(=O)Nc2ccccc2OC2CCOC2)cc1. The van der Waals surface area contributed by atoms with Crippen molar-refractivity contribution in [3.63, 3.8) is 0 Å². The monoisotopic (exact) mass is 312 g/mol. The van der Waals surface area contributed by atoms with E-state index in [-0.39, 0.29) is 12.0 Å². The number of rotatable bonds is 5. The van der Waals surface area contributed by atoms with E-state index in [1.54, 1.807) is 12.1 Å². The van der Waals surface area contributed by atoms with Crippen LogP contribution in [-0.4, -0.2) is 25.2 Å². The number of hydrogen-bond donors (Lipinski definition) is 2. The fourth-order valence-electron chi connectivity index (χ4n) is 2.44. The van der Waals surface area contributed by atoms with Crippen LogP contribution in [0.25, 0.3) is 0 Å². The highest BCUT2D eigenvalue weighted by atomic mass is 16.5. The molecule has 0 bridgehead atoms. The summed E-state index contributed by atoms with van der Waals surface area (Å²) in [6.07, 6.45) is 0.903. The number of para-hydroxylation sites is 2. The second-order valence-corrected chi connectivity index (χ2v) is 5.45. The Balaban J connectivity index is 1.72. The molecule has 3 rings (SSSR count). The van der Waals surface area contributed by atoms with Gasteiger partial charge in [-0.1, -0.05) is 24.3 Å². The summed E-state index contributed by atoms with van der Waals surface area (Å²) >= 11 is 0. The largest absolute Gasteiger partial charge is 0.486 e. The maximum atomic E-state index is 12.4. The standard InChI is InChI=1S/C18H20N2O3/c19-11-13-5-7-14(8-6-13)18(21)20-16-3-1-2-4-17(16)23-15-9-10-22-12-15/h1-8,15H,9-12,19H2,(H,20,21). The van der Waals surface area contributed by atoms with Crippen LogP contribution in [0.1, 0.15) is 22.3 Å². The van der Waals surface area contributed by atoms with E-state index in [1.165, 1.54) is 0 Å². The zero-order valence-electron chi connectivity index (χ0n) is 12.8. The van der Waals surface area contributed by atoms with Crippen LogP contribution in [0, 0.1) is 0 Å². The van der Waals surface area contributed by atoms with Gasteiger partial charge < -0.3 is 20.5 Å². The maximum absolute atomic E-state index is 12.4. The van der Waals surface area contributed by atoms with Crippen LogP contribution in [0.2, 0.25) is 0 Å². The molecule has 1 saturated heterocycles. The van der Waals surface area contributed by atoms with Gasteiger partial charge in [-0.3, -0.25) is 4.79 Å². The van der Waals surface area contributed by atoms with Gasteiger partial charge in [0.15, 0.2) is 0 Å². The Kier molecular flexibility index (Phi) is 4.90. The van der Waals surface area contributed by atoms with E-state index in [4.69, 9.17) is 15.2 Å². The van der Waals surface area contributed by atoms with Crippen molar-refractivity contribution in [1.82, 2.24) is 0 Å². The predicted octanol–water partition coefficient (Wildman–Crippen LogP) is 2.57. The fraction of sp³-hybridized carbons (Fsp3) is 0.278. The van der Waals surface area contributed by atoms with Crippen molar-refractivity contribution in [2.24, 2.45) is 5.73 Å². The lowest BCUT2D eigenvalue weighted by Gasteiger charge is -2.16. The molecular weight excluding hydrogens is 292 g/mol. The van der Waals surface area contributed by atoms with Crippen molar-refractivity contribution in [3.8, 4) is 5.75 Å². The van der Waals surface area contributed by atoms with Crippen LogP contribution < -0.4 is 15.8 Å². The molecule has 1 atom stereocenters. The number of anilines is 1. The van der Waals surface area contributed by atoms with Gasteiger partial charge in [-0.15, -0.1) is 0 Å². The summed E-state index contributed by atoms with van der Waals surface area (Å²) in [4.78, 5) is 12.4. The molecule has 23 heavy (non-hydrogen) atoms. The van der Waals surface area contributed by atoms with Gasteiger partial charge in [0.05, 0.1) is 18.9 Å². The van der Waals surface area contributed by atoms with E-state index in [0.29, 0.717) is 36.8 Å². The molecule has 3 N–H and O–H groups in total. The minimum absolute atomic E-state index is 0.0388. The second kappa shape index (κ2) is 7.26. The molecule has 1 unspecified atom stereocenters. The minimum atomic E-state index is -0.174. The molecule has 120 valence electrons. The number of carbonyl (C=O) groups is 1. The molecule has 5 heteroatoms. The highest BCUT2D eigenvalue weighted by Gasteiger charge is 2.19. The van der Waals surface area contributed by atoms with Gasteiger partial charge >= 0.3 is 0 Å². The molecular formula is C18H20N2O3. The van der Waals surface area contributed by atoms with Crippen LogP contribution in [0.15, 0.2) is 48.5 Å². The first kappa shape index (κ1) is 15.5. The van der Waals surface area contributed by atoms with Gasteiger partial charge in [0.2, 0.25) is 0 Å². The summed E-state index contributed by atoms with van der Waals surface area (Å²) in [5.41, 5.74) is 7.81. The second-order valence-electron chi connectivity index (χ2n) is 5.45. The van der Waals surface area contributed by atoms with Crippen molar-refractivity contribution in [1.29, 1.82) is 0 Å². The van der Waals surface area contributed by atoms with Gasteiger partial charge in [0, 0.05) is 18.5 Å². The van der Waals surface area contributed by atoms with Crippen molar-refractivity contribution >= 4 is 11.6 Å². The van der Waals surface area contributed by atoms with Crippen molar-refractivity contribution in [2.75, 3.05) is 18.5 Å². The quantitative estimate of drug-likeness (QED) is 0.890. The lowest BCUT2D eigenvalue weighted by Crippen LogP contribution is -2.18. The molecule has 5 nitrogen and oxygen atoms in total. The first-order valence-electron chi connectivity index (χ1n) is 7.70. The Morgan fingerprint density at radius 3 is 2.70 bits per heavy atom. The van der Waals surface area contributed by atoms with E-state index in [0.717, 1.165) is 12.0 Å². The molecule has 0 aromatic heterocycles. The Morgan fingerprint density at radius 2 is 2.00 bits per heavy atom. The molecule has 0 radical (unpaired) electrons. The third-order valence-corrected chi connectivity index (χ3v) is 3.77. The Bertz CT molecular complexity index is 664. The van der Waals surface area contributed by atoms with Crippen molar-refractivity contribution in [3.05, 3.63) is 59.7 Å². The Morgan fingerprint density at radius 1 is 1.22 bits per heavy atom. The van der Waals surface area contributed by atoms with Crippen LogP contribution >= 0.6 is 0 Å². The fourth-order valence-corrected chi connectivity index (χ4v) is 2.44. The van der Waals surface area contributed by atoms with Crippen LogP contribution in [0.4, 0.5) is 5.69 Å². The summed E-state index contributed by atoms with van der Waals surface area (Å²) in [6.45, 7) is 1.76. The summed E-state index contributed by atoms with van der Waals surface area (Å²) in [6, 6.07) is 14.7. The number of benzene rings is 2. The molecule has 1 amide bonds. The van der Waals surface area contributed by atoms with Crippen LogP contribution in [0.3, 0.4) is 0 Å². The van der Waals surface area contributed by atoms with Gasteiger partial charge in [0.25, 0.3) is 5.91 Å². The molecule has 1 aliphatic heterocycles. The molecule has 0 aliphatic carbocycles. The zero-order chi connectivity index (χ0) is 16.1. The minimum Gasteiger partial charge on any atom is -0.486 e. The average Bonchev–Trinajstić information content (AvgIpc) is 3.10. The normalized spacial score (nSPS) is 17.0. The Labute approximate surface area is 135 Å². The number of carbonyl (C=O) groups excluding carboxylic acids is 1. The molecule has 0 saturated carbocycles. The lowest BCUT2D eigenvalue weighted by molar-refractivity contribution is 0.102. The number of ether oxygens (including phenoxy) is 2.